The molecule has 7 heteroatoms. The van der Waals surface area contributed by atoms with Gasteiger partial charge in [0.2, 0.25) is 10.0 Å². The molecular formula is C24H26N2O4S. The van der Waals surface area contributed by atoms with Crippen molar-refractivity contribution in [3.8, 4) is 11.5 Å². The number of hydrogen-bond donors (Lipinski definition) is 1. The lowest BCUT2D eigenvalue weighted by atomic mass is 9.88. The quantitative estimate of drug-likeness (QED) is 0.582. The first kappa shape index (κ1) is 21.5. The highest BCUT2D eigenvalue weighted by atomic mass is 32.2. The van der Waals surface area contributed by atoms with Gasteiger partial charge in [0, 0.05) is 25.6 Å². The average molecular weight is 439 g/mol. The number of sulfonamides is 1. The number of aryl methyl sites for hydroxylation is 1. The van der Waals surface area contributed by atoms with Crippen molar-refractivity contribution in [2.75, 3.05) is 13.2 Å². The molecule has 0 amide bonds. The highest BCUT2D eigenvalue weighted by Gasteiger charge is 2.30. The van der Waals surface area contributed by atoms with E-state index in [9.17, 15) is 8.42 Å². The number of aromatic nitrogens is 1. The first-order chi connectivity index (χ1) is 15.0. The summed E-state index contributed by atoms with van der Waals surface area (Å²) in [7, 11) is -3.73. The van der Waals surface area contributed by atoms with Gasteiger partial charge < -0.3 is 9.47 Å². The Balaban J connectivity index is 1.53. The Hall–Kier alpha value is -2.74. The van der Waals surface area contributed by atoms with E-state index in [-0.39, 0.29) is 16.9 Å². The third kappa shape index (κ3) is 5.50. The number of hydrogen-bond acceptors (Lipinski definition) is 5. The molecule has 1 fully saturated rings. The van der Waals surface area contributed by atoms with Crippen LogP contribution >= 0.6 is 0 Å². The minimum absolute atomic E-state index is 0.150. The lowest BCUT2D eigenvalue weighted by molar-refractivity contribution is 0.0564. The van der Waals surface area contributed by atoms with E-state index >= 15 is 0 Å². The maximum atomic E-state index is 13.2. The molecule has 0 bridgehead atoms. The van der Waals surface area contributed by atoms with Crippen LogP contribution in [-0.4, -0.2) is 26.6 Å². The molecule has 1 aromatic heterocycles. The Morgan fingerprint density at radius 3 is 2.48 bits per heavy atom. The highest BCUT2D eigenvalue weighted by molar-refractivity contribution is 7.89. The predicted octanol–water partition coefficient (Wildman–Crippen LogP) is 4.63. The van der Waals surface area contributed by atoms with Crippen molar-refractivity contribution < 1.29 is 17.9 Å². The molecule has 4 rings (SSSR count). The molecule has 31 heavy (non-hydrogen) atoms. The maximum Gasteiger partial charge on any atom is 0.241 e. The van der Waals surface area contributed by atoms with E-state index in [4.69, 9.17) is 9.47 Å². The van der Waals surface area contributed by atoms with Gasteiger partial charge in [-0.05, 0) is 79.3 Å². The van der Waals surface area contributed by atoms with Crippen LogP contribution in [0.5, 0.6) is 11.5 Å². The summed E-state index contributed by atoms with van der Waals surface area (Å²) >= 11 is 0. The molecule has 1 aliphatic heterocycles. The van der Waals surface area contributed by atoms with Crippen LogP contribution in [0.25, 0.3) is 0 Å². The molecule has 1 aliphatic rings. The smallest absolute Gasteiger partial charge is 0.241 e. The Kier molecular flexibility index (Phi) is 6.65. The second-order valence-electron chi connectivity index (χ2n) is 7.73. The van der Waals surface area contributed by atoms with Gasteiger partial charge >= 0.3 is 0 Å². The van der Waals surface area contributed by atoms with Crippen molar-refractivity contribution in [3.63, 3.8) is 0 Å². The van der Waals surface area contributed by atoms with E-state index in [0.717, 1.165) is 24.0 Å². The first-order valence-electron chi connectivity index (χ1n) is 10.4. The largest absolute Gasteiger partial charge is 0.457 e. The van der Waals surface area contributed by atoms with Crippen molar-refractivity contribution >= 4 is 10.0 Å². The lowest BCUT2D eigenvalue weighted by Gasteiger charge is -2.31. The topological polar surface area (TPSA) is 77.5 Å². The highest BCUT2D eigenvalue weighted by Crippen LogP contribution is 2.32. The Morgan fingerprint density at radius 1 is 1.03 bits per heavy atom. The van der Waals surface area contributed by atoms with Crippen LogP contribution in [0.2, 0.25) is 0 Å². The van der Waals surface area contributed by atoms with Crippen molar-refractivity contribution in [1.29, 1.82) is 0 Å². The molecule has 1 saturated heterocycles. The van der Waals surface area contributed by atoms with Crippen LogP contribution in [0, 0.1) is 12.8 Å². The van der Waals surface area contributed by atoms with Crippen LogP contribution in [0.4, 0.5) is 0 Å². The lowest BCUT2D eigenvalue weighted by Crippen LogP contribution is -2.36. The zero-order chi connectivity index (χ0) is 21.7. The first-order valence-corrected chi connectivity index (χ1v) is 11.8. The number of nitrogens with one attached hydrogen (secondary N) is 1. The minimum atomic E-state index is -3.73. The third-order valence-electron chi connectivity index (χ3n) is 5.42. The molecule has 1 N–H and O–H groups in total. The fourth-order valence-electron chi connectivity index (χ4n) is 3.78. The molecule has 162 valence electrons. The third-order valence-corrected chi connectivity index (χ3v) is 6.88. The minimum Gasteiger partial charge on any atom is -0.457 e. The fraction of sp³-hybridized carbons (Fsp3) is 0.292. The molecule has 1 unspecified atom stereocenters. The summed E-state index contributed by atoms with van der Waals surface area (Å²) in [5.41, 5.74) is 1.95. The van der Waals surface area contributed by atoms with Gasteiger partial charge in [0.15, 0.2) is 0 Å². The van der Waals surface area contributed by atoms with Gasteiger partial charge in [0.25, 0.3) is 0 Å². The van der Waals surface area contributed by atoms with Gasteiger partial charge in [-0.2, -0.15) is 0 Å². The number of ether oxygens (including phenoxy) is 2. The van der Waals surface area contributed by atoms with Crippen molar-refractivity contribution in [2.24, 2.45) is 5.92 Å². The zero-order valence-corrected chi connectivity index (χ0v) is 18.2. The SMILES string of the molecule is Cc1cccc(Oc2ccc(S(=O)(=O)NC(c3cccnc3)C3CCOCC3)cc2)c1. The van der Waals surface area contributed by atoms with Crippen LogP contribution in [-0.2, 0) is 14.8 Å². The Bertz CT molecular complexity index is 1100. The molecular weight excluding hydrogens is 412 g/mol. The molecule has 2 heterocycles. The predicted molar refractivity (Wildman–Crippen MR) is 119 cm³/mol. The van der Waals surface area contributed by atoms with Crippen LogP contribution in [0.1, 0.15) is 30.0 Å². The van der Waals surface area contributed by atoms with Crippen molar-refractivity contribution in [3.05, 3.63) is 84.2 Å². The van der Waals surface area contributed by atoms with E-state index in [1.807, 2.05) is 43.3 Å². The van der Waals surface area contributed by atoms with Gasteiger partial charge in [0.05, 0.1) is 10.9 Å². The van der Waals surface area contributed by atoms with E-state index in [1.54, 1.807) is 36.7 Å². The molecule has 6 nitrogen and oxygen atoms in total. The molecule has 2 aromatic carbocycles. The van der Waals surface area contributed by atoms with E-state index in [0.29, 0.717) is 24.7 Å². The summed E-state index contributed by atoms with van der Waals surface area (Å²) < 4.78 is 40.5. The molecule has 0 radical (unpaired) electrons. The van der Waals surface area contributed by atoms with E-state index in [2.05, 4.69) is 9.71 Å². The van der Waals surface area contributed by atoms with Gasteiger partial charge in [-0.15, -0.1) is 0 Å². The standard InChI is InChI=1S/C24H26N2O4S/c1-18-4-2-6-22(16-18)30-21-7-9-23(10-8-21)31(27,28)26-24(19-11-14-29-15-12-19)20-5-3-13-25-17-20/h2-10,13,16-17,19,24,26H,11-12,14-15H2,1H3. The molecule has 0 saturated carbocycles. The molecule has 0 spiro atoms. The number of nitrogens with zero attached hydrogens (tertiary/aromatic N) is 1. The van der Waals surface area contributed by atoms with Gasteiger partial charge in [0.1, 0.15) is 11.5 Å². The van der Waals surface area contributed by atoms with Crippen LogP contribution in [0.3, 0.4) is 0 Å². The van der Waals surface area contributed by atoms with Gasteiger partial charge in [-0.25, -0.2) is 13.1 Å². The summed E-state index contributed by atoms with van der Waals surface area (Å²) in [6.07, 6.45) is 5.00. The summed E-state index contributed by atoms with van der Waals surface area (Å²) in [6, 6.07) is 17.6. The normalized spacial score (nSPS) is 16.0. The number of rotatable bonds is 7. The average Bonchev–Trinajstić information content (AvgIpc) is 2.79. The fourth-order valence-corrected chi connectivity index (χ4v) is 5.08. The Morgan fingerprint density at radius 2 is 1.81 bits per heavy atom. The van der Waals surface area contributed by atoms with Crippen molar-refractivity contribution in [1.82, 2.24) is 9.71 Å². The maximum absolute atomic E-state index is 13.2. The number of benzene rings is 2. The molecule has 3 aromatic rings. The number of pyridine rings is 1. The van der Waals surface area contributed by atoms with Crippen molar-refractivity contribution in [2.45, 2.75) is 30.7 Å². The molecule has 1 atom stereocenters. The van der Waals surface area contributed by atoms with E-state index < -0.39 is 10.0 Å². The Labute approximate surface area is 183 Å². The zero-order valence-electron chi connectivity index (χ0n) is 17.4. The van der Waals surface area contributed by atoms with Gasteiger partial charge in [-0.3, -0.25) is 4.98 Å². The van der Waals surface area contributed by atoms with Crippen LogP contribution in [0.15, 0.2) is 78.0 Å². The molecule has 0 aliphatic carbocycles. The monoisotopic (exact) mass is 438 g/mol. The van der Waals surface area contributed by atoms with E-state index in [1.165, 1.54) is 0 Å². The summed E-state index contributed by atoms with van der Waals surface area (Å²) in [5.74, 6) is 1.44. The second-order valence-corrected chi connectivity index (χ2v) is 9.44. The summed E-state index contributed by atoms with van der Waals surface area (Å²) in [6.45, 7) is 3.26. The second kappa shape index (κ2) is 9.60. The summed E-state index contributed by atoms with van der Waals surface area (Å²) in [5, 5.41) is 0. The van der Waals surface area contributed by atoms with Gasteiger partial charge in [-0.1, -0.05) is 18.2 Å². The van der Waals surface area contributed by atoms with Crippen LogP contribution < -0.4 is 9.46 Å². The summed E-state index contributed by atoms with van der Waals surface area (Å²) in [4.78, 5) is 4.38.